The molecule has 1 saturated heterocycles. The average Bonchev–Trinajstić information content (AvgIpc) is 3.22. The third kappa shape index (κ3) is 3.39. The maximum Gasteiger partial charge on any atom is 0.244 e. The number of rotatable bonds is 4. The van der Waals surface area contributed by atoms with Gasteiger partial charge in [-0.05, 0) is 12.1 Å². The summed E-state index contributed by atoms with van der Waals surface area (Å²) in [7, 11) is 1.92. The SMILES string of the molecule is Cn1cc(CN2CCN(C(=O)Cn3nnc4ccccc43)CC2)cn1. The van der Waals surface area contributed by atoms with Gasteiger partial charge in [0, 0.05) is 51.5 Å². The standard InChI is InChI=1S/C17H21N7O/c1-21-11-14(10-18-21)12-22-6-8-23(9-7-22)17(25)13-24-16-5-3-2-4-15(16)19-20-24/h2-5,10-11H,6-9,12-13H2,1H3. The van der Waals surface area contributed by atoms with Crippen molar-refractivity contribution in [2.75, 3.05) is 26.2 Å². The summed E-state index contributed by atoms with van der Waals surface area (Å²) in [6.45, 7) is 4.35. The number of carbonyl (C=O) groups is 1. The summed E-state index contributed by atoms with van der Waals surface area (Å²) >= 11 is 0. The van der Waals surface area contributed by atoms with Crippen LogP contribution in [0.2, 0.25) is 0 Å². The fourth-order valence-corrected chi connectivity index (χ4v) is 3.23. The van der Waals surface area contributed by atoms with Crippen LogP contribution >= 0.6 is 0 Å². The highest BCUT2D eigenvalue weighted by atomic mass is 16.2. The van der Waals surface area contributed by atoms with Crippen LogP contribution in [0.15, 0.2) is 36.7 Å². The van der Waals surface area contributed by atoms with Crippen LogP contribution in [0.1, 0.15) is 5.56 Å². The largest absolute Gasteiger partial charge is 0.339 e. The first kappa shape index (κ1) is 15.8. The predicted octanol–water partition coefficient (Wildman–Crippen LogP) is 0.509. The summed E-state index contributed by atoms with van der Waals surface area (Å²) in [5, 5.41) is 12.4. The van der Waals surface area contributed by atoms with Gasteiger partial charge in [0.05, 0.1) is 11.7 Å². The van der Waals surface area contributed by atoms with E-state index in [1.54, 1.807) is 4.68 Å². The van der Waals surface area contributed by atoms with Crippen molar-refractivity contribution in [3.05, 3.63) is 42.2 Å². The van der Waals surface area contributed by atoms with E-state index in [1.165, 1.54) is 5.56 Å². The van der Waals surface area contributed by atoms with Crippen LogP contribution in [0.3, 0.4) is 0 Å². The fraction of sp³-hybridized carbons (Fsp3) is 0.412. The van der Waals surface area contributed by atoms with Gasteiger partial charge in [-0.25, -0.2) is 4.68 Å². The van der Waals surface area contributed by atoms with Crippen molar-refractivity contribution in [1.29, 1.82) is 0 Å². The zero-order valence-corrected chi connectivity index (χ0v) is 14.2. The number of nitrogens with zero attached hydrogens (tertiary/aromatic N) is 7. The molecule has 25 heavy (non-hydrogen) atoms. The highest BCUT2D eigenvalue weighted by molar-refractivity contribution is 5.79. The Kier molecular flexibility index (Phi) is 4.19. The van der Waals surface area contributed by atoms with E-state index in [0.29, 0.717) is 0 Å². The summed E-state index contributed by atoms with van der Waals surface area (Å²) in [6, 6.07) is 7.70. The van der Waals surface area contributed by atoms with Crippen molar-refractivity contribution in [2.24, 2.45) is 7.05 Å². The molecule has 1 aliphatic rings. The monoisotopic (exact) mass is 339 g/mol. The number of aryl methyl sites for hydroxylation is 1. The molecule has 3 heterocycles. The zero-order valence-electron chi connectivity index (χ0n) is 14.2. The molecule has 0 atom stereocenters. The molecule has 0 N–H and O–H groups in total. The molecule has 1 aliphatic heterocycles. The first-order valence-corrected chi connectivity index (χ1v) is 8.45. The van der Waals surface area contributed by atoms with Crippen molar-refractivity contribution in [3.8, 4) is 0 Å². The summed E-state index contributed by atoms with van der Waals surface area (Å²) in [5.74, 6) is 0.0941. The smallest absolute Gasteiger partial charge is 0.244 e. The third-order valence-corrected chi connectivity index (χ3v) is 4.59. The Morgan fingerprint density at radius 2 is 1.96 bits per heavy atom. The molecule has 1 aromatic carbocycles. The van der Waals surface area contributed by atoms with Gasteiger partial charge in [-0.3, -0.25) is 14.4 Å². The van der Waals surface area contributed by atoms with Crippen molar-refractivity contribution >= 4 is 16.9 Å². The molecule has 8 nitrogen and oxygen atoms in total. The number of hydrogen-bond donors (Lipinski definition) is 0. The molecule has 4 rings (SSSR count). The second-order valence-electron chi connectivity index (χ2n) is 6.41. The highest BCUT2D eigenvalue weighted by Crippen LogP contribution is 2.12. The Hall–Kier alpha value is -2.74. The quantitative estimate of drug-likeness (QED) is 0.692. The molecule has 0 radical (unpaired) electrons. The van der Waals surface area contributed by atoms with Gasteiger partial charge >= 0.3 is 0 Å². The lowest BCUT2D eigenvalue weighted by Crippen LogP contribution is -2.49. The van der Waals surface area contributed by atoms with E-state index in [-0.39, 0.29) is 12.5 Å². The lowest BCUT2D eigenvalue weighted by Gasteiger charge is -2.34. The number of aromatic nitrogens is 5. The van der Waals surface area contributed by atoms with Gasteiger partial charge in [0.25, 0.3) is 0 Å². The maximum absolute atomic E-state index is 12.6. The van der Waals surface area contributed by atoms with Gasteiger partial charge in [-0.1, -0.05) is 17.3 Å². The number of fused-ring (bicyclic) bond motifs is 1. The van der Waals surface area contributed by atoms with E-state index in [1.807, 2.05) is 53.3 Å². The Morgan fingerprint density at radius 3 is 2.72 bits per heavy atom. The molecule has 0 saturated carbocycles. The van der Waals surface area contributed by atoms with Gasteiger partial charge in [0.1, 0.15) is 12.1 Å². The lowest BCUT2D eigenvalue weighted by molar-refractivity contribution is -0.133. The maximum atomic E-state index is 12.6. The molecule has 8 heteroatoms. The lowest BCUT2D eigenvalue weighted by atomic mass is 10.2. The number of amides is 1. The van der Waals surface area contributed by atoms with E-state index >= 15 is 0 Å². The van der Waals surface area contributed by atoms with Gasteiger partial charge in [0.2, 0.25) is 5.91 Å². The van der Waals surface area contributed by atoms with Crippen molar-refractivity contribution in [2.45, 2.75) is 13.1 Å². The summed E-state index contributed by atoms with van der Waals surface area (Å²) < 4.78 is 3.50. The second kappa shape index (κ2) is 6.64. The first-order chi connectivity index (χ1) is 12.2. The third-order valence-electron chi connectivity index (χ3n) is 4.59. The van der Waals surface area contributed by atoms with Gasteiger partial charge in [-0.15, -0.1) is 5.10 Å². The number of hydrogen-bond acceptors (Lipinski definition) is 5. The average molecular weight is 339 g/mol. The van der Waals surface area contributed by atoms with Gasteiger partial charge in [-0.2, -0.15) is 5.10 Å². The number of benzene rings is 1. The van der Waals surface area contributed by atoms with E-state index in [0.717, 1.165) is 43.8 Å². The van der Waals surface area contributed by atoms with Crippen LogP contribution in [-0.2, 0) is 24.9 Å². The van der Waals surface area contributed by atoms with Crippen LogP contribution in [0, 0.1) is 0 Å². The van der Waals surface area contributed by atoms with Crippen molar-refractivity contribution in [3.63, 3.8) is 0 Å². The minimum atomic E-state index is 0.0941. The minimum absolute atomic E-state index is 0.0941. The molecular formula is C17H21N7O. The Labute approximate surface area is 145 Å². The topological polar surface area (TPSA) is 72.1 Å². The number of piperazine rings is 1. The van der Waals surface area contributed by atoms with Gasteiger partial charge in [0.15, 0.2) is 0 Å². The number of carbonyl (C=O) groups excluding carboxylic acids is 1. The Balaban J connectivity index is 1.33. The van der Waals surface area contributed by atoms with Crippen molar-refractivity contribution < 1.29 is 4.79 Å². The Bertz CT molecular complexity index is 876. The van der Waals surface area contributed by atoms with Crippen LogP contribution in [0.4, 0.5) is 0 Å². The van der Waals surface area contributed by atoms with E-state index < -0.39 is 0 Å². The van der Waals surface area contributed by atoms with Crippen LogP contribution < -0.4 is 0 Å². The van der Waals surface area contributed by atoms with Crippen molar-refractivity contribution in [1.82, 2.24) is 34.6 Å². The van der Waals surface area contributed by atoms with Crippen LogP contribution in [-0.4, -0.2) is 66.7 Å². The molecule has 130 valence electrons. The molecule has 0 unspecified atom stereocenters. The molecule has 0 bridgehead atoms. The highest BCUT2D eigenvalue weighted by Gasteiger charge is 2.22. The molecule has 3 aromatic rings. The summed E-state index contributed by atoms with van der Waals surface area (Å²) in [6.07, 6.45) is 3.93. The first-order valence-electron chi connectivity index (χ1n) is 8.45. The zero-order chi connectivity index (χ0) is 17.2. The minimum Gasteiger partial charge on any atom is -0.339 e. The van der Waals surface area contributed by atoms with Crippen LogP contribution in [0.5, 0.6) is 0 Å². The fourth-order valence-electron chi connectivity index (χ4n) is 3.23. The Morgan fingerprint density at radius 1 is 1.16 bits per heavy atom. The van der Waals surface area contributed by atoms with E-state index in [2.05, 4.69) is 20.3 Å². The summed E-state index contributed by atoms with van der Waals surface area (Å²) in [5.41, 5.74) is 2.92. The van der Waals surface area contributed by atoms with E-state index in [9.17, 15) is 4.79 Å². The molecule has 0 aliphatic carbocycles. The molecule has 2 aromatic heterocycles. The molecular weight excluding hydrogens is 318 g/mol. The molecule has 1 amide bonds. The second-order valence-corrected chi connectivity index (χ2v) is 6.41. The van der Waals surface area contributed by atoms with Crippen LogP contribution in [0.25, 0.3) is 11.0 Å². The number of para-hydroxylation sites is 1. The van der Waals surface area contributed by atoms with Gasteiger partial charge < -0.3 is 4.90 Å². The molecule has 1 fully saturated rings. The van der Waals surface area contributed by atoms with E-state index in [4.69, 9.17) is 0 Å². The predicted molar refractivity (Wildman–Crippen MR) is 92.6 cm³/mol. The normalized spacial score (nSPS) is 15.8. The molecule has 0 spiro atoms. The summed E-state index contributed by atoms with van der Waals surface area (Å²) in [4.78, 5) is 16.8.